The summed E-state index contributed by atoms with van der Waals surface area (Å²) in [4.78, 5) is 10.9. The van der Waals surface area contributed by atoms with Crippen LogP contribution in [0.2, 0.25) is 0 Å². The predicted molar refractivity (Wildman–Crippen MR) is 82.6 cm³/mol. The third-order valence-corrected chi connectivity index (χ3v) is 5.32. The van der Waals surface area contributed by atoms with Gasteiger partial charge in [-0.25, -0.2) is 17.9 Å². The molecular formula is C13H21NO5S2. The highest BCUT2D eigenvalue weighted by atomic mass is 32.2. The number of hydrogen-bond donors (Lipinski definition) is 2. The number of carboxylic acid groups (broad SMARTS) is 1. The van der Waals surface area contributed by atoms with Gasteiger partial charge in [0.05, 0.1) is 0 Å². The van der Waals surface area contributed by atoms with Gasteiger partial charge in [0.1, 0.15) is 22.0 Å². The summed E-state index contributed by atoms with van der Waals surface area (Å²) in [5.41, 5.74) is -0.289. The van der Waals surface area contributed by atoms with Crippen molar-refractivity contribution in [2.75, 3.05) is 18.6 Å². The highest BCUT2D eigenvalue weighted by molar-refractivity contribution is 7.98. The van der Waals surface area contributed by atoms with Crippen molar-refractivity contribution in [1.29, 1.82) is 0 Å². The van der Waals surface area contributed by atoms with Gasteiger partial charge >= 0.3 is 5.97 Å². The predicted octanol–water partition coefficient (Wildman–Crippen LogP) is 2.41. The second-order valence-electron chi connectivity index (χ2n) is 4.67. The second kappa shape index (κ2) is 7.86. The number of carbonyl (C=O) groups is 1. The van der Waals surface area contributed by atoms with Crippen LogP contribution in [-0.2, 0) is 10.0 Å². The fourth-order valence-electron chi connectivity index (χ4n) is 2.06. The summed E-state index contributed by atoms with van der Waals surface area (Å²) in [6, 6.07) is 0. The molecule has 120 valence electrons. The molecule has 6 nitrogen and oxygen atoms in total. The quantitative estimate of drug-likeness (QED) is 0.673. The maximum atomic E-state index is 12.2. The lowest BCUT2D eigenvalue weighted by Gasteiger charge is -2.07. The number of rotatable bonds is 9. The molecule has 1 rings (SSSR count). The molecule has 21 heavy (non-hydrogen) atoms. The zero-order chi connectivity index (χ0) is 16.0. The van der Waals surface area contributed by atoms with E-state index in [4.69, 9.17) is 9.52 Å². The lowest BCUT2D eigenvalue weighted by Crippen LogP contribution is -2.26. The van der Waals surface area contributed by atoms with E-state index in [2.05, 4.69) is 4.72 Å². The van der Waals surface area contributed by atoms with Gasteiger partial charge in [-0.05, 0) is 38.7 Å². The summed E-state index contributed by atoms with van der Waals surface area (Å²) in [6.45, 7) is 3.18. The van der Waals surface area contributed by atoms with E-state index in [9.17, 15) is 13.2 Å². The van der Waals surface area contributed by atoms with Crippen molar-refractivity contribution in [3.63, 3.8) is 0 Å². The van der Waals surface area contributed by atoms with Crippen LogP contribution in [0.3, 0.4) is 0 Å². The number of carboxylic acids is 1. The van der Waals surface area contributed by atoms with Gasteiger partial charge in [-0.1, -0.05) is 6.42 Å². The molecule has 0 saturated carbocycles. The molecular weight excluding hydrogens is 314 g/mol. The van der Waals surface area contributed by atoms with Crippen LogP contribution in [0.4, 0.5) is 0 Å². The molecule has 0 radical (unpaired) electrons. The van der Waals surface area contributed by atoms with E-state index in [1.54, 1.807) is 11.8 Å². The van der Waals surface area contributed by atoms with Crippen LogP contribution in [0.1, 0.15) is 41.1 Å². The van der Waals surface area contributed by atoms with Crippen molar-refractivity contribution in [3.05, 3.63) is 17.1 Å². The average molecular weight is 335 g/mol. The number of sulfonamides is 1. The molecule has 1 aromatic heterocycles. The van der Waals surface area contributed by atoms with Crippen molar-refractivity contribution in [2.45, 2.75) is 38.0 Å². The minimum atomic E-state index is -3.87. The van der Waals surface area contributed by atoms with E-state index >= 15 is 0 Å². The van der Waals surface area contributed by atoms with Crippen LogP contribution in [-0.4, -0.2) is 38.0 Å². The van der Waals surface area contributed by atoms with Gasteiger partial charge in [0.15, 0.2) is 0 Å². The molecule has 0 aliphatic rings. The SMILES string of the molecule is CSCCCCCNS(=O)(=O)c1c(C)oc(C)c1C(=O)O. The zero-order valence-corrected chi connectivity index (χ0v) is 14.1. The number of aryl methyl sites for hydroxylation is 2. The highest BCUT2D eigenvalue weighted by Gasteiger charge is 2.30. The van der Waals surface area contributed by atoms with E-state index in [1.807, 2.05) is 6.26 Å². The van der Waals surface area contributed by atoms with Crippen LogP contribution in [0.15, 0.2) is 9.31 Å². The summed E-state index contributed by atoms with van der Waals surface area (Å²) < 4.78 is 32.1. The van der Waals surface area contributed by atoms with Crippen LogP contribution in [0.25, 0.3) is 0 Å². The van der Waals surface area contributed by atoms with Crippen LogP contribution >= 0.6 is 11.8 Å². The average Bonchev–Trinajstić information content (AvgIpc) is 2.69. The number of thioether (sulfide) groups is 1. The van der Waals surface area contributed by atoms with Crippen molar-refractivity contribution in [3.8, 4) is 0 Å². The molecule has 2 N–H and O–H groups in total. The van der Waals surface area contributed by atoms with Gasteiger partial charge in [-0.3, -0.25) is 0 Å². The standard InChI is InChI=1S/C13H21NO5S2/c1-9-11(13(15)16)12(10(2)19-9)21(17,18)14-7-5-4-6-8-20-3/h14H,4-8H2,1-3H3,(H,15,16). The molecule has 0 spiro atoms. The first kappa shape index (κ1) is 18.1. The molecule has 0 bridgehead atoms. The molecule has 0 aromatic carbocycles. The van der Waals surface area contributed by atoms with E-state index in [0.717, 1.165) is 25.0 Å². The third kappa shape index (κ3) is 4.76. The van der Waals surface area contributed by atoms with E-state index in [1.165, 1.54) is 13.8 Å². The van der Waals surface area contributed by atoms with Gasteiger partial charge in [0.2, 0.25) is 10.0 Å². The summed E-state index contributed by atoms with van der Waals surface area (Å²) in [5.74, 6) is -0.0551. The number of hydrogen-bond acceptors (Lipinski definition) is 5. The summed E-state index contributed by atoms with van der Waals surface area (Å²) in [7, 11) is -3.87. The molecule has 0 fully saturated rings. The zero-order valence-electron chi connectivity index (χ0n) is 12.4. The van der Waals surface area contributed by atoms with Crippen LogP contribution < -0.4 is 4.72 Å². The molecule has 8 heteroatoms. The molecule has 0 unspecified atom stereocenters. The van der Waals surface area contributed by atoms with Gasteiger partial charge in [-0.2, -0.15) is 11.8 Å². The number of nitrogens with one attached hydrogen (secondary N) is 1. The third-order valence-electron chi connectivity index (χ3n) is 3.00. The van der Waals surface area contributed by atoms with Gasteiger partial charge in [0.25, 0.3) is 0 Å². The van der Waals surface area contributed by atoms with Gasteiger partial charge in [-0.15, -0.1) is 0 Å². The maximum absolute atomic E-state index is 12.2. The number of aromatic carboxylic acids is 1. The normalized spacial score (nSPS) is 11.8. The second-order valence-corrected chi connectivity index (χ2v) is 7.36. The first-order valence-electron chi connectivity index (χ1n) is 6.63. The van der Waals surface area contributed by atoms with E-state index in [0.29, 0.717) is 6.54 Å². The van der Waals surface area contributed by atoms with Crippen molar-refractivity contribution in [1.82, 2.24) is 4.72 Å². The Kier molecular flexibility index (Phi) is 6.76. The van der Waals surface area contributed by atoms with Crippen LogP contribution in [0.5, 0.6) is 0 Å². The van der Waals surface area contributed by atoms with Crippen molar-refractivity contribution in [2.24, 2.45) is 0 Å². The molecule has 0 aliphatic carbocycles. The lowest BCUT2D eigenvalue weighted by atomic mass is 10.2. The Morgan fingerprint density at radius 3 is 2.48 bits per heavy atom. The Hall–Kier alpha value is -0.990. The first-order valence-corrected chi connectivity index (χ1v) is 9.51. The summed E-state index contributed by atoms with van der Waals surface area (Å²) >= 11 is 1.76. The molecule has 0 saturated heterocycles. The first-order chi connectivity index (χ1) is 9.81. The topological polar surface area (TPSA) is 96.6 Å². The largest absolute Gasteiger partial charge is 0.478 e. The molecule has 0 amide bonds. The molecule has 1 aromatic rings. The molecule has 0 aliphatic heterocycles. The summed E-state index contributed by atoms with van der Waals surface area (Å²) in [5, 5.41) is 9.14. The highest BCUT2D eigenvalue weighted by Crippen LogP contribution is 2.26. The van der Waals surface area contributed by atoms with Gasteiger partial charge < -0.3 is 9.52 Å². The number of unbranched alkanes of at least 4 members (excludes halogenated alkanes) is 2. The molecule has 1 heterocycles. The minimum Gasteiger partial charge on any atom is -0.478 e. The Bertz CT molecular complexity index is 592. The Morgan fingerprint density at radius 1 is 1.24 bits per heavy atom. The monoisotopic (exact) mass is 335 g/mol. The van der Waals surface area contributed by atoms with E-state index < -0.39 is 16.0 Å². The van der Waals surface area contributed by atoms with Gasteiger partial charge in [0, 0.05) is 6.54 Å². The Morgan fingerprint density at radius 2 is 1.90 bits per heavy atom. The minimum absolute atomic E-state index is 0.0970. The molecule has 0 atom stereocenters. The Labute approximate surface area is 129 Å². The lowest BCUT2D eigenvalue weighted by molar-refractivity contribution is 0.0691. The van der Waals surface area contributed by atoms with Crippen molar-refractivity contribution < 1.29 is 22.7 Å². The number of furan rings is 1. The van der Waals surface area contributed by atoms with E-state index in [-0.39, 0.29) is 22.0 Å². The Balaban J connectivity index is 2.77. The fraction of sp³-hybridized carbons (Fsp3) is 0.615. The maximum Gasteiger partial charge on any atom is 0.340 e. The smallest absolute Gasteiger partial charge is 0.340 e. The van der Waals surface area contributed by atoms with Crippen molar-refractivity contribution >= 4 is 27.8 Å². The summed E-state index contributed by atoms with van der Waals surface area (Å²) in [6.07, 6.45) is 4.71. The van der Waals surface area contributed by atoms with Crippen LogP contribution in [0, 0.1) is 13.8 Å². The fourth-order valence-corrected chi connectivity index (χ4v) is 4.03.